The first-order valence-electron chi connectivity index (χ1n) is 8.06. The molecule has 0 spiro atoms. The molecule has 0 saturated carbocycles. The van der Waals surface area contributed by atoms with Crippen molar-refractivity contribution in [3.8, 4) is 0 Å². The minimum atomic E-state index is -0.398. The summed E-state index contributed by atoms with van der Waals surface area (Å²) < 4.78 is 0. The van der Waals surface area contributed by atoms with Crippen LogP contribution in [0.25, 0.3) is 0 Å². The van der Waals surface area contributed by atoms with E-state index < -0.39 is 5.41 Å². The third-order valence-corrected chi connectivity index (χ3v) is 5.05. The SMILES string of the molecule is CC(C)(C)c1ccc([C@@]2(C)CCc3ccccc3C2=O)cc1. The fraction of sp³-hybridized carbons (Fsp3) is 0.381. The van der Waals surface area contributed by atoms with Gasteiger partial charge < -0.3 is 0 Å². The van der Waals surface area contributed by atoms with E-state index >= 15 is 0 Å². The number of fused-ring (bicyclic) bond motifs is 1. The van der Waals surface area contributed by atoms with Crippen LogP contribution in [0.1, 0.15) is 61.2 Å². The van der Waals surface area contributed by atoms with Crippen LogP contribution < -0.4 is 0 Å². The second-order valence-corrected chi connectivity index (χ2v) is 7.65. The van der Waals surface area contributed by atoms with E-state index in [1.807, 2.05) is 18.2 Å². The maximum atomic E-state index is 13.0. The minimum Gasteiger partial charge on any atom is -0.293 e. The van der Waals surface area contributed by atoms with Crippen molar-refractivity contribution in [1.29, 1.82) is 0 Å². The molecule has 1 atom stereocenters. The molecule has 0 fully saturated rings. The van der Waals surface area contributed by atoms with Crippen LogP contribution in [0.5, 0.6) is 0 Å². The average Bonchev–Trinajstić information content (AvgIpc) is 2.51. The Bertz CT molecular complexity index is 703. The Hall–Kier alpha value is -1.89. The van der Waals surface area contributed by atoms with Crippen molar-refractivity contribution in [2.24, 2.45) is 0 Å². The monoisotopic (exact) mass is 292 g/mol. The lowest BCUT2D eigenvalue weighted by Crippen LogP contribution is -2.37. The van der Waals surface area contributed by atoms with Crippen molar-refractivity contribution in [3.05, 3.63) is 70.8 Å². The number of benzene rings is 2. The van der Waals surface area contributed by atoms with Gasteiger partial charge in [-0.15, -0.1) is 0 Å². The molecule has 0 radical (unpaired) electrons. The molecular formula is C21H24O. The highest BCUT2D eigenvalue weighted by Gasteiger charge is 2.39. The number of hydrogen-bond donors (Lipinski definition) is 0. The van der Waals surface area contributed by atoms with Gasteiger partial charge in [-0.25, -0.2) is 0 Å². The summed E-state index contributed by atoms with van der Waals surface area (Å²) in [5.41, 5.74) is 4.28. The molecular weight excluding hydrogens is 268 g/mol. The Morgan fingerprint density at radius 2 is 1.59 bits per heavy atom. The van der Waals surface area contributed by atoms with Crippen molar-refractivity contribution < 1.29 is 4.79 Å². The van der Waals surface area contributed by atoms with Gasteiger partial charge in [-0.3, -0.25) is 4.79 Å². The standard InChI is InChI=1S/C21H24O/c1-20(2,3)16-9-11-17(12-10-16)21(4)14-13-15-7-5-6-8-18(15)19(21)22/h5-12H,13-14H2,1-4H3/t21-/m1/s1. The highest BCUT2D eigenvalue weighted by Crippen LogP contribution is 2.38. The third-order valence-electron chi connectivity index (χ3n) is 5.05. The van der Waals surface area contributed by atoms with Crippen LogP contribution in [0.3, 0.4) is 0 Å². The van der Waals surface area contributed by atoms with Crippen LogP contribution in [0.4, 0.5) is 0 Å². The van der Waals surface area contributed by atoms with Gasteiger partial charge in [-0.2, -0.15) is 0 Å². The van der Waals surface area contributed by atoms with E-state index in [0.29, 0.717) is 0 Å². The molecule has 0 amide bonds. The second kappa shape index (κ2) is 5.08. The zero-order valence-corrected chi connectivity index (χ0v) is 13.9. The van der Waals surface area contributed by atoms with E-state index in [0.717, 1.165) is 24.0 Å². The number of carbonyl (C=O) groups excluding carboxylic acids is 1. The zero-order chi connectivity index (χ0) is 16.0. The smallest absolute Gasteiger partial charge is 0.173 e. The summed E-state index contributed by atoms with van der Waals surface area (Å²) in [5.74, 6) is 0.262. The fourth-order valence-electron chi connectivity index (χ4n) is 3.37. The van der Waals surface area contributed by atoms with Crippen LogP contribution in [0.2, 0.25) is 0 Å². The molecule has 1 aliphatic rings. The maximum Gasteiger partial charge on any atom is 0.173 e. The number of Topliss-reactive ketones (excluding diaryl/α,β-unsaturated/α-hetero) is 1. The van der Waals surface area contributed by atoms with Crippen molar-refractivity contribution in [3.63, 3.8) is 0 Å². The summed E-state index contributed by atoms with van der Waals surface area (Å²) in [6, 6.07) is 16.7. The third kappa shape index (κ3) is 2.39. The van der Waals surface area contributed by atoms with Gasteiger partial charge in [-0.05, 0) is 41.9 Å². The van der Waals surface area contributed by atoms with Crippen LogP contribution in [0, 0.1) is 0 Å². The normalized spacial score (nSPS) is 21.5. The summed E-state index contributed by atoms with van der Waals surface area (Å²) in [6.07, 6.45) is 1.86. The van der Waals surface area contributed by atoms with Gasteiger partial charge in [0.25, 0.3) is 0 Å². The fourth-order valence-corrected chi connectivity index (χ4v) is 3.37. The Morgan fingerprint density at radius 3 is 2.23 bits per heavy atom. The number of rotatable bonds is 1. The van der Waals surface area contributed by atoms with Crippen molar-refractivity contribution in [2.45, 2.75) is 51.4 Å². The lowest BCUT2D eigenvalue weighted by molar-refractivity contribution is 0.0875. The quantitative estimate of drug-likeness (QED) is 0.717. The van der Waals surface area contributed by atoms with Crippen LogP contribution in [0.15, 0.2) is 48.5 Å². The Kier molecular flexibility index (Phi) is 3.47. The predicted molar refractivity (Wildman–Crippen MR) is 91.6 cm³/mol. The Balaban J connectivity index is 2.00. The maximum absolute atomic E-state index is 13.0. The molecule has 0 aliphatic heterocycles. The van der Waals surface area contributed by atoms with Gasteiger partial charge in [0.05, 0.1) is 5.41 Å². The lowest BCUT2D eigenvalue weighted by Gasteiger charge is -2.34. The van der Waals surface area contributed by atoms with E-state index in [9.17, 15) is 4.79 Å². The first-order chi connectivity index (χ1) is 10.3. The number of aryl methyl sites for hydroxylation is 1. The molecule has 0 heterocycles. The van der Waals surface area contributed by atoms with Gasteiger partial charge in [-0.1, -0.05) is 69.3 Å². The van der Waals surface area contributed by atoms with Crippen LogP contribution >= 0.6 is 0 Å². The summed E-state index contributed by atoms with van der Waals surface area (Å²) in [5, 5.41) is 0. The van der Waals surface area contributed by atoms with Gasteiger partial charge in [0.1, 0.15) is 0 Å². The molecule has 0 N–H and O–H groups in total. The van der Waals surface area contributed by atoms with Gasteiger partial charge in [0, 0.05) is 5.56 Å². The largest absolute Gasteiger partial charge is 0.293 e. The molecule has 114 valence electrons. The van der Waals surface area contributed by atoms with Crippen molar-refractivity contribution in [1.82, 2.24) is 0 Å². The topological polar surface area (TPSA) is 17.1 Å². The second-order valence-electron chi connectivity index (χ2n) is 7.65. The Morgan fingerprint density at radius 1 is 0.955 bits per heavy atom. The molecule has 0 aromatic heterocycles. The van der Waals surface area contributed by atoms with Gasteiger partial charge >= 0.3 is 0 Å². The van der Waals surface area contributed by atoms with Crippen molar-refractivity contribution in [2.75, 3.05) is 0 Å². The number of carbonyl (C=O) groups is 1. The van der Waals surface area contributed by atoms with E-state index in [4.69, 9.17) is 0 Å². The molecule has 3 rings (SSSR count). The molecule has 0 bridgehead atoms. The van der Waals surface area contributed by atoms with Crippen molar-refractivity contribution >= 4 is 5.78 Å². The van der Waals surface area contributed by atoms with Gasteiger partial charge in [0.2, 0.25) is 0 Å². The summed E-state index contributed by atoms with van der Waals surface area (Å²) in [6.45, 7) is 8.74. The predicted octanol–water partition coefficient (Wildman–Crippen LogP) is 5.07. The van der Waals surface area contributed by atoms with E-state index in [1.54, 1.807) is 0 Å². The molecule has 1 nitrogen and oxygen atoms in total. The van der Waals surface area contributed by atoms with Crippen LogP contribution in [-0.4, -0.2) is 5.78 Å². The Labute approximate surface area is 133 Å². The van der Waals surface area contributed by atoms with E-state index in [2.05, 4.69) is 58.0 Å². The molecule has 2 aromatic carbocycles. The summed E-state index contributed by atoms with van der Waals surface area (Å²) in [4.78, 5) is 13.0. The van der Waals surface area contributed by atoms with E-state index in [-0.39, 0.29) is 11.2 Å². The molecule has 0 saturated heterocycles. The van der Waals surface area contributed by atoms with E-state index in [1.165, 1.54) is 11.1 Å². The first-order valence-corrected chi connectivity index (χ1v) is 8.06. The molecule has 2 aromatic rings. The molecule has 1 heteroatoms. The summed E-state index contributed by atoms with van der Waals surface area (Å²) >= 11 is 0. The number of hydrogen-bond acceptors (Lipinski definition) is 1. The summed E-state index contributed by atoms with van der Waals surface area (Å²) in [7, 11) is 0. The average molecular weight is 292 g/mol. The molecule has 22 heavy (non-hydrogen) atoms. The minimum absolute atomic E-state index is 0.141. The highest BCUT2D eigenvalue weighted by molar-refractivity contribution is 6.06. The van der Waals surface area contributed by atoms with Crippen LogP contribution in [-0.2, 0) is 17.3 Å². The molecule has 1 aliphatic carbocycles. The number of ketones is 1. The highest BCUT2D eigenvalue weighted by atomic mass is 16.1. The lowest BCUT2D eigenvalue weighted by atomic mass is 9.67. The van der Waals surface area contributed by atoms with Gasteiger partial charge in [0.15, 0.2) is 5.78 Å². The zero-order valence-electron chi connectivity index (χ0n) is 13.9. The first kappa shape index (κ1) is 15.0. The molecule has 0 unspecified atom stereocenters.